The van der Waals surface area contributed by atoms with E-state index >= 15 is 0 Å². The molecule has 0 saturated carbocycles. The molecule has 148 valence electrons. The van der Waals surface area contributed by atoms with Crippen LogP contribution in [0.4, 0.5) is 0 Å². The second kappa shape index (κ2) is 10.9. The highest BCUT2D eigenvalue weighted by Gasteiger charge is 2.14. The second-order valence-electron chi connectivity index (χ2n) is 5.92. The van der Waals surface area contributed by atoms with Crippen molar-refractivity contribution in [1.82, 2.24) is 5.43 Å². The summed E-state index contributed by atoms with van der Waals surface area (Å²) in [5.74, 6) is -0.443. The number of halogens is 3. The van der Waals surface area contributed by atoms with Gasteiger partial charge in [-0.3, -0.25) is 9.59 Å². The van der Waals surface area contributed by atoms with Crippen molar-refractivity contribution in [2.24, 2.45) is 5.10 Å². The highest BCUT2D eigenvalue weighted by Crippen LogP contribution is 2.19. The molecule has 0 saturated heterocycles. The van der Waals surface area contributed by atoms with Crippen molar-refractivity contribution in [2.45, 2.75) is 6.54 Å². The Morgan fingerprint density at radius 2 is 1.72 bits per heavy atom. The van der Waals surface area contributed by atoms with Crippen molar-refractivity contribution >= 4 is 41.1 Å². The third-order valence-corrected chi connectivity index (χ3v) is 4.44. The Labute approximate surface area is 188 Å². The predicted molar refractivity (Wildman–Crippen MR) is 109 cm³/mol. The van der Waals surface area contributed by atoms with Crippen LogP contribution in [0.2, 0.25) is 10.0 Å². The molecule has 0 aliphatic carbocycles. The third kappa shape index (κ3) is 6.49. The number of benzene rings is 2. The fourth-order valence-corrected chi connectivity index (χ4v) is 2.92. The minimum Gasteiger partial charge on any atom is -1.00 e. The van der Waals surface area contributed by atoms with E-state index in [-0.39, 0.29) is 29.3 Å². The van der Waals surface area contributed by atoms with E-state index in [0.717, 1.165) is 0 Å². The lowest BCUT2D eigenvalue weighted by Crippen LogP contribution is -3.00. The Bertz CT molecular complexity index is 1040. The molecule has 0 aliphatic heterocycles. The molecule has 5 nitrogen and oxygen atoms in total. The summed E-state index contributed by atoms with van der Waals surface area (Å²) in [5, 5.41) is 4.87. The molecule has 2 aromatic carbocycles. The van der Waals surface area contributed by atoms with Crippen LogP contribution in [-0.4, -0.2) is 17.9 Å². The van der Waals surface area contributed by atoms with Gasteiger partial charge >= 0.3 is 0 Å². The van der Waals surface area contributed by atoms with Gasteiger partial charge < -0.3 is 17.0 Å². The van der Waals surface area contributed by atoms with Gasteiger partial charge in [-0.25, -0.2) is 5.43 Å². The first-order valence-electron chi connectivity index (χ1n) is 8.39. The largest absolute Gasteiger partial charge is 1.00 e. The van der Waals surface area contributed by atoms with Gasteiger partial charge in [-0.2, -0.15) is 9.67 Å². The number of carbonyl (C=O) groups excluding carboxylic acids is 2. The quantitative estimate of drug-likeness (QED) is 0.241. The average Bonchev–Trinajstić information content (AvgIpc) is 2.70. The van der Waals surface area contributed by atoms with E-state index in [9.17, 15) is 9.59 Å². The van der Waals surface area contributed by atoms with Crippen molar-refractivity contribution in [2.75, 3.05) is 0 Å². The van der Waals surface area contributed by atoms with Gasteiger partial charge in [0.1, 0.15) is 5.56 Å². The maximum absolute atomic E-state index is 12.3. The van der Waals surface area contributed by atoms with Crippen molar-refractivity contribution in [3.63, 3.8) is 0 Å². The van der Waals surface area contributed by atoms with Gasteiger partial charge in [0, 0.05) is 22.2 Å². The minimum absolute atomic E-state index is 0. The molecule has 1 amide bonds. The number of nitrogens with one attached hydrogen (secondary N) is 1. The Morgan fingerprint density at radius 3 is 2.45 bits per heavy atom. The summed E-state index contributed by atoms with van der Waals surface area (Å²) in [6, 6.07) is 17.3. The molecule has 8 heteroatoms. The molecule has 0 radical (unpaired) electrons. The fraction of sp³-hybridized carbons (Fsp3) is 0.0476. The maximum atomic E-state index is 12.3. The zero-order chi connectivity index (χ0) is 19.9. The molecule has 0 unspecified atom stereocenters. The molecule has 1 aromatic heterocycles. The van der Waals surface area contributed by atoms with Gasteiger partial charge in [0.2, 0.25) is 12.3 Å². The zero-order valence-electron chi connectivity index (χ0n) is 15.1. The molecule has 0 atom stereocenters. The summed E-state index contributed by atoms with van der Waals surface area (Å²) in [7, 11) is 0. The molecule has 3 aromatic rings. The van der Waals surface area contributed by atoms with E-state index in [1.165, 1.54) is 6.21 Å². The monoisotopic (exact) mass is 491 g/mol. The van der Waals surface area contributed by atoms with Crippen LogP contribution in [0.5, 0.6) is 0 Å². The Morgan fingerprint density at radius 1 is 1.00 bits per heavy atom. The fourth-order valence-electron chi connectivity index (χ4n) is 2.47. The summed E-state index contributed by atoms with van der Waals surface area (Å²) < 4.78 is 1.66. The number of Topliss-reactive ketones (excluding diaryl/α,β-unsaturated/α-hetero) is 1. The van der Waals surface area contributed by atoms with E-state index in [1.54, 1.807) is 59.4 Å². The summed E-state index contributed by atoms with van der Waals surface area (Å²) in [6.45, 7) is 0.134. The lowest BCUT2D eigenvalue weighted by atomic mass is 10.1. The number of pyridine rings is 1. The zero-order valence-corrected chi connectivity index (χ0v) is 18.2. The molecule has 0 fully saturated rings. The van der Waals surface area contributed by atoms with Crippen LogP contribution >= 0.6 is 23.2 Å². The van der Waals surface area contributed by atoms with Crippen molar-refractivity contribution in [3.8, 4) is 0 Å². The summed E-state index contributed by atoms with van der Waals surface area (Å²) >= 11 is 11.9. The van der Waals surface area contributed by atoms with Crippen LogP contribution in [0.3, 0.4) is 0 Å². The Kier molecular flexibility index (Phi) is 8.51. The van der Waals surface area contributed by atoms with Gasteiger partial charge in [0.15, 0.2) is 12.4 Å². The van der Waals surface area contributed by atoms with Gasteiger partial charge in [-0.1, -0.05) is 59.6 Å². The first-order chi connectivity index (χ1) is 13.5. The van der Waals surface area contributed by atoms with E-state index < -0.39 is 5.91 Å². The van der Waals surface area contributed by atoms with Crippen LogP contribution in [-0.2, 0) is 6.54 Å². The normalized spacial score (nSPS) is 10.4. The lowest BCUT2D eigenvalue weighted by molar-refractivity contribution is -0.683. The van der Waals surface area contributed by atoms with Crippen LogP contribution in [0.25, 0.3) is 0 Å². The lowest BCUT2D eigenvalue weighted by Gasteiger charge is -2.01. The molecule has 3 rings (SSSR count). The van der Waals surface area contributed by atoms with Crippen molar-refractivity contribution < 1.29 is 31.1 Å². The van der Waals surface area contributed by atoms with Gasteiger partial charge in [-0.05, 0) is 18.2 Å². The molecule has 1 heterocycles. The number of hydrazone groups is 1. The average molecular weight is 493 g/mol. The molecular weight excluding hydrogens is 477 g/mol. The number of hydrogen-bond acceptors (Lipinski definition) is 3. The number of rotatable bonds is 6. The topological polar surface area (TPSA) is 62.4 Å². The van der Waals surface area contributed by atoms with E-state index in [2.05, 4.69) is 10.5 Å². The van der Waals surface area contributed by atoms with E-state index in [0.29, 0.717) is 26.7 Å². The predicted octanol–water partition coefficient (Wildman–Crippen LogP) is 0.932. The molecule has 29 heavy (non-hydrogen) atoms. The molecule has 0 spiro atoms. The summed E-state index contributed by atoms with van der Waals surface area (Å²) in [5.41, 5.74) is 4.07. The smallest absolute Gasteiger partial charge is 0.277 e. The van der Waals surface area contributed by atoms with Gasteiger partial charge in [0.25, 0.3) is 5.91 Å². The SMILES string of the molecule is O=C(C[n+]1cccc(C(=O)N/N=C/c2ccc(Cl)cc2Cl)c1)c1ccccc1.[Br-]. The minimum atomic E-state index is -0.400. The van der Waals surface area contributed by atoms with E-state index in [1.807, 2.05) is 18.2 Å². The highest BCUT2D eigenvalue weighted by atomic mass is 79.9. The molecular formula is C21H16BrCl2N3O2. The number of nitrogens with zero attached hydrogens (tertiary/aromatic N) is 2. The van der Waals surface area contributed by atoms with Crippen molar-refractivity contribution in [3.05, 3.63) is 99.8 Å². The van der Waals surface area contributed by atoms with Crippen LogP contribution < -0.4 is 27.0 Å². The number of carbonyl (C=O) groups is 2. The number of amides is 1. The van der Waals surface area contributed by atoms with Gasteiger partial charge in [-0.15, -0.1) is 0 Å². The highest BCUT2D eigenvalue weighted by molar-refractivity contribution is 6.36. The standard InChI is InChI=1S/C21H15Cl2N3O2.BrH/c22-18-9-8-16(19(23)11-18)12-24-25-21(28)17-7-4-10-26(13-17)14-20(27)15-5-2-1-3-6-15;/h1-13H,14H2;1H/b24-12+;. The third-order valence-electron chi connectivity index (χ3n) is 3.87. The van der Waals surface area contributed by atoms with Crippen LogP contribution in [0.1, 0.15) is 26.3 Å². The first-order valence-corrected chi connectivity index (χ1v) is 9.14. The summed E-state index contributed by atoms with van der Waals surface area (Å²) in [4.78, 5) is 24.6. The second-order valence-corrected chi connectivity index (χ2v) is 6.76. The Hall–Kier alpha value is -2.54. The van der Waals surface area contributed by atoms with Crippen LogP contribution in [0.15, 0.2) is 78.2 Å². The molecule has 0 aliphatic rings. The van der Waals surface area contributed by atoms with E-state index in [4.69, 9.17) is 23.2 Å². The number of hydrogen-bond donors (Lipinski definition) is 1. The number of aromatic nitrogens is 1. The Balaban J connectivity index is 0.00000300. The summed E-state index contributed by atoms with van der Waals surface area (Å²) in [6.07, 6.45) is 4.77. The number of ketones is 1. The maximum Gasteiger partial charge on any atom is 0.277 e. The molecule has 0 bridgehead atoms. The van der Waals surface area contributed by atoms with Crippen molar-refractivity contribution in [1.29, 1.82) is 0 Å². The first kappa shape index (κ1) is 22.7. The molecule has 1 N–H and O–H groups in total. The van der Waals surface area contributed by atoms with Crippen LogP contribution in [0, 0.1) is 0 Å². The van der Waals surface area contributed by atoms with Gasteiger partial charge in [0.05, 0.1) is 11.2 Å².